The van der Waals surface area contributed by atoms with E-state index in [2.05, 4.69) is 51.7 Å². The molecule has 1 saturated heterocycles. The fourth-order valence-electron chi connectivity index (χ4n) is 3.89. The minimum atomic E-state index is 0.0210. The van der Waals surface area contributed by atoms with E-state index in [1.165, 1.54) is 19.3 Å². The summed E-state index contributed by atoms with van der Waals surface area (Å²) in [5.41, 5.74) is 1.79. The minimum absolute atomic E-state index is 0.0210. The van der Waals surface area contributed by atoms with E-state index in [1.54, 1.807) is 4.57 Å². The van der Waals surface area contributed by atoms with Crippen LogP contribution in [0.1, 0.15) is 53.9 Å². The third kappa shape index (κ3) is 3.46. The Bertz CT molecular complexity index is 811. The Hall–Kier alpha value is -1.78. The topological polar surface area (TPSA) is 43.1 Å². The van der Waals surface area contributed by atoms with Gasteiger partial charge in [-0.25, -0.2) is 9.78 Å². The van der Waals surface area contributed by atoms with Gasteiger partial charge in [0.15, 0.2) is 5.65 Å². The van der Waals surface area contributed by atoms with E-state index in [-0.39, 0.29) is 11.1 Å². The summed E-state index contributed by atoms with van der Waals surface area (Å²) in [5.74, 6) is 1.74. The van der Waals surface area contributed by atoms with Gasteiger partial charge in [-0.15, -0.1) is 0 Å². The molecule has 0 radical (unpaired) electrons. The fourth-order valence-corrected chi connectivity index (χ4v) is 3.89. The van der Waals surface area contributed by atoms with Crippen LogP contribution in [0.25, 0.3) is 11.2 Å². The van der Waals surface area contributed by atoms with Crippen molar-refractivity contribution < 1.29 is 0 Å². The van der Waals surface area contributed by atoms with Gasteiger partial charge in [-0.1, -0.05) is 34.1 Å². The molecule has 1 fully saturated rings. The lowest BCUT2D eigenvalue weighted by Gasteiger charge is -2.38. The summed E-state index contributed by atoms with van der Waals surface area (Å²) >= 11 is 0. The first-order chi connectivity index (χ1) is 11.7. The summed E-state index contributed by atoms with van der Waals surface area (Å²) in [6.07, 6.45) is 3.73. The maximum atomic E-state index is 12.7. The van der Waals surface area contributed by atoms with Gasteiger partial charge in [0.2, 0.25) is 0 Å². The van der Waals surface area contributed by atoms with E-state index in [9.17, 15) is 4.79 Å². The standard InChI is InChI=1S/C20H32N4O/c1-7-15-9-8-14(2)23(12-15)17-11-10-16-18(21-17)22(6)19(25)24(16)13-20(3,4)5/h10-11,14-15H,7-9,12-13H2,1-6H3. The van der Waals surface area contributed by atoms with Gasteiger partial charge in [0.05, 0.1) is 5.52 Å². The van der Waals surface area contributed by atoms with Crippen LogP contribution in [-0.2, 0) is 13.6 Å². The average molecular weight is 345 g/mol. The maximum Gasteiger partial charge on any atom is 0.330 e. The van der Waals surface area contributed by atoms with Crippen LogP contribution in [0.2, 0.25) is 0 Å². The minimum Gasteiger partial charge on any atom is -0.354 e. The Balaban J connectivity index is 2.03. The van der Waals surface area contributed by atoms with Crippen molar-refractivity contribution in [3.8, 4) is 0 Å². The lowest BCUT2D eigenvalue weighted by Crippen LogP contribution is -2.42. The molecule has 25 heavy (non-hydrogen) atoms. The molecule has 0 N–H and O–H groups in total. The highest BCUT2D eigenvalue weighted by Crippen LogP contribution is 2.29. The number of rotatable bonds is 3. The van der Waals surface area contributed by atoms with Crippen LogP contribution < -0.4 is 10.6 Å². The van der Waals surface area contributed by atoms with Gasteiger partial charge in [-0.2, -0.15) is 0 Å². The Morgan fingerprint density at radius 2 is 1.96 bits per heavy atom. The molecule has 5 heteroatoms. The predicted molar refractivity (Wildman–Crippen MR) is 104 cm³/mol. The van der Waals surface area contributed by atoms with E-state index >= 15 is 0 Å². The average Bonchev–Trinajstić information content (AvgIpc) is 2.78. The molecule has 0 aromatic carbocycles. The molecular formula is C20H32N4O. The molecule has 1 aliphatic rings. The van der Waals surface area contributed by atoms with Crippen molar-refractivity contribution >= 4 is 17.0 Å². The molecule has 1 aliphatic heterocycles. The van der Waals surface area contributed by atoms with Crippen LogP contribution in [0.15, 0.2) is 16.9 Å². The van der Waals surface area contributed by atoms with E-state index in [4.69, 9.17) is 4.98 Å². The molecule has 0 aliphatic carbocycles. The lowest BCUT2D eigenvalue weighted by molar-refractivity contribution is 0.342. The molecule has 5 nitrogen and oxygen atoms in total. The number of fused-ring (bicyclic) bond motifs is 1. The molecule has 2 aromatic rings. The number of aryl methyl sites for hydroxylation is 1. The van der Waals surface area contributed by atoms with Gasteiger partial charge >= 0.3 is 5.69 Å². The molecule has 0 bridgehead atoms. The Labute approximate surface area is 150 Å². The molecule has 138 valence electrons. The third-order valence-electron chi connectivity index (χ3n) is 5.45. The molecule has 0 amide bonds. The first-order valence-corrected chi connectivity index (χ1v) is 9.54. The number of imidazole rings is 1. The summed E-state index contributed by atoms with van der Waals surface area (Å²) in [6, 6.07) is 4.67. The number of pyridine rings is 1. The quantitative estimate of drug-likeness (QED) is 0.851. The molecule has 2 aromatic heterocycles. The van der Waals surface area contributed by atoms with E-state index < -0.39 is 0 Å². The summed E-state index contributed by atoms with van der Waals surface area (Å²) in [7, 11) is 1.83. The first kappa shape index (κ1) is 18.0. The largest absolute Gasteiger partial charge is 0.354 e. The second kappa shape index (κ2) is 6.50. The smallest absolute Gasteiger partial charge is 0.330 e. The van der Waals surface area contributed by atoms with Crippen LogP contribution in [-0.4, -0.2) is 26.7 Å². The number of nitrogens with zero attached hydrogens (tertiary/aromatic N) is 4. The van der Waals surface area contributed by atoms with Gasteiger partial charge in [-0.05, 0) is 43.2 Å². The highest BCUT2D eigenvalue weighted by atomic mass is 16.1. The summed E-state index contributed by atoms with van der Waals surface area (Å²) in [5, 5.41) is 0. The van der Waals surface area contributed by atoms with Crippen molar-refractivity contribution in [3.05, 3.63) is 22.6 Å². The Kier molecular flexibility index (Phi) is 4.69. The third-order valence-corrected chi connectivity index (χ3v) is 5.45. The highest BCUT2D eigenvalue weighted by molar-refractivity contribution is 5.74. The monoisotopic (exact) mass is 344 g/mol. The van der Waals surface area contributed by atoms with Crippen molar-refractivity contribution in [2.45, 2.75) is 66.5 Å². The zero-order chi connectivity index (χ0) is 18.4. The molecule has 0 saturated carbocycles. The van der Waals surface area contributed by atoms with Crippen LogP contribution in [0.5, 0.6) is 0 Å². The second-order valence-electron chi connectivity index (χ2n) is 8.85. The number of hydrogen-bond donors (Lipinski definition) is 0. The summed E-state index contributed by atoms with van der Waals surface area (Å²) in [4.78, 5) is 20.0. The zero-order valence-electron chi connectivity index (χ0n) is 16.5. The molecule has 2 atom stereocenters. The lowest BCUT2D eigenvalue weighted by atomic mass is 9.91. The van der Waals surface area contributed by atoms with Gasteiger partial charge in [0, 0.05) is 26.2 Å². The summed E-state index contributed by atoms with van der Waals surface area (Å²) in [6.45, 7) is 12.8. The molecular weight excluding hydrogens is 312 g/mol. The van der Waals surface area contributed by atoms with Crippen molar-refractivity contribution in [2.75, 3.05) is 11.4 Å². The molecule has 3 heterocycles. The number of piperidine rings is 1. The SMILES string of the molecule is CCC1CCC(C)N(c2ccc3c(n2)n(C)c(=O)n3CC(C)(C)C)C1. The molecule has 3 rings (SSSR count). The van der Waals surface area contributed by atoms with E-state index in [0.29, 0.717) is 12.6 Å². The van der Waals surface area contributed by atoms with Crippen LogP contribution in [0.4, 0.5) is 5.82 Å². The first-order valence-electron chi connectivity index (χ1n) is 9.54. The zero-order valence-corrected chi connectivity index (χ0v) is 16.5. The van der Waals surface area contributed by atoms with E-state index in [0.717, 1.165) is 29.4 Å². The number of anilines is 1. The second-order valence-corrected chi connectivity index (χ2v) is 8.85. The highest BCUT2D eigenvalue weighted by Gasteiger charge is 2.26. The van der Waals surface area contributed by atoms with Crippen molar-refractivity contribution in [3.63, 3.8) is 0 Å². The Morgan fingerprint density at radius 1 is 1.24 bits per heavy atom. The van der Waals surface area contributed by atoms with Gasteiger partial charge in [0.25, 0.3) is 0 Å². The number of aromatic nitrogens is 3. The van der Waals surface area contributed by atoms with Crippen LogP contribution >= 0.6 is 0 Å². The van der Waals surface area contributed by atoms with E-state index in [1.807, 2.05) is 11.6 Å². The van der Waals surface area contributed by atoms with Gasteiger partial charge in [-0.3, -0.25) is 9.13 Å². The molecule has 0 spiro atoms. The van der Waals surface area contributed by atoms with Gasteiger partial charge < -0.3 is 4.90 Å². The Morgan fingerprint density at radius 3 is 2.60 bits per heavy atom. The van der Waals surface area contributed by atoms with Crippen LogP contribution in [0.3, 0.4) is 0 Å². The van der Waals surface area contributed by atoms with Crippen LogP contribution in [0, 0.1) is 11.3 Å². The van der Waals surface area contributed by atoms with Crippen molar-refractivity contribution in [1.82, 2.24) is 14.1 Å². The summed E-state index contributed by atoms with van der Waals surface area (Å²) < 4.78 is 3.55. The van der Waals surface area contributed by atoms with Crippen molar-refractivity contribution in [1.29, 1.82) is 0 Å². The van der Waals surface area contributed by atoms with Gasteiger partial charge in [0.1, 0.15) is 5.82 Å². The molecule has 2 unspecified atom stereocenters. The fraction of sp³-hybridized carbons (Fsp3) is 0.700. The number of hydrogen-bond acceptors (Lipinski definition) is 3. The van der Waals surface area contributed by atoms with Crippen molar-refractivity contribution in [2.24, 2.45) is 18.4 Å². The predicted octanol–water partition coefficient (Wildman–Crippen LogP) is 3.80. The maximum absolute atomic E-state index is 12.7. The normalized spacial score (nSPS) is 21.9.